The highest BCUT2D eigenvalue weighted by molar-refractivity contribution is 8.14. The molecule has 0 radical (unpaired) electrons. The maximum Gasteiger partial charge on any atom is 0.283 e. The molecule has 1 fully saturated rings. The van der Waals surface area contributed by atoms with Crippen LogP contribution in [0, 0.1) is 0 Å². The Kier molecular flexibility index (Phi) is 9.59. The van der Waals surface area contributed by atoms with Crippen molar-refractivity contribution in [1.82, 2.24) is 4.90 Å². The number of amides is 2. The summed E-state index contributed by atoms with van der Waals surface area (Å²) in [6, 6.07) is 34.5. The second-order valence-electron chi connectivity index (χ2n) is 11.0. The summed E-state index contributed by atoms with van der Waals surface area (Å²) in [7, 11) is 0. The molecule has 9 heteroatoms. The number of amidine groups is 1. The molecular weight excluding hydrogens is 596 g/mol. The highest BCUT2D eigenvalue weighted by atomic mass is 32.2. The molecule has 2 heterocycles. The van der Waals surface area contributed by atoms with Gasteiger partial charge in [0.05, 0.1) is 11.4 Å². The van der Waals surface area contributed by atoms with Gasteiger partial charge >= 0.3 is 0 Å². The van der Waals surface area contributed by atoms with Crippen molar-refractivity contribution >= 4 is 52.0 Å². The number of anilines is 2. The van der Waals surface area contributed by atoms with Crippen molar-refractivity contribution in [2.24, 2.45) is 4.99 Å². The Morgan fingerprint density at radius 1 is 0.804 bits per heavy atom. The van der Waals surface area contributed by atoms with Gasteiger partial charge in [-0.3, -0.25) is 19.3 Å². The van der Waals surface area contributed by atoms with Crippen molar-refractivity contribution in [3.05, 3.63) is 132 Å². The van der Waals surface area contributed by atoms with Crippen LogP contribution in [0.15, 0.2) is 120 Å². The van der Waals surface area contributed by atoms with Gasteiger partial charge in [0, 0.05) is 37.4 Å². The Balaban J connectivity index is 1.10. The van der Waals surface area contributed by atoms with E-state index in [1.165, 1.54) is 11.8 Å². The van der Waals surface area contributed by atoms with Gasteiger partial charge in [-0.15, -0.1) is 0 Å². The molecule has 2 aliphatic heterocycles. The zero-order valence-electron chi connectivity index (χ0n) is 25.5. The average Bonchev–Trinajstić information content (AvgIpc) is 3.41. The second-order valence-corrected chi connectivity index (χ2v) is 11.9. The van der Waals surface area contributed by atoms with Gasteiger partial charge in [-0.05, 0) is 72.7 Å². The third kappa shape index (κ3) is 7.38. The fraction of sp³-hybridized carbons (Fsp3) is 0.189. The molecule has 2 amide bonds. The first-order valence-corrected chi connectivity index (χ1v) is 16.2. The van der Waals surface area contributed by atoms with Crippen LogP contribution in [0.4, 0.5) is 11.4 Å². The molecule has 0 bridgehead atoms. The predicted octanol–water partition coefficient (Wildman–Crippen LogP) is 6.29. The summed E-state index contributed by atoms with van der Waals surface area (Å²) >= 11 is 1.27. The monoisotopic (exact) mass is 630 g/mol. The fourth-order valence-electron chi connectivity index (χ4n) is 5.30. The third-order valence-corrected chi connectivity index (χ3v) is 8.80. The van der Waals surface area contributed by atoms with Crippen LogP contribution in [0.2, 0.25) is 0 Å². The van der Waals surface area contributed by atoms with Crippen molar-refractivity contribution < 1.29 is 19.1 Å². The minimum absolute atomic E-state index is 0.00302. The predicted molar refractivity (Wildman–Crippen MR) is 184 cm³/mol. The number of ketones is 1. The standard InChI is InChI=1S/C37H34N4O4S/c1-27(42)30-14-16-31(17-15-30)39-20-22-40(23-21-39)35(43)26-46-37-38-34(36(44)41(37)32-10-6-3-7-11-32)24-28-12-18-33(19-13-28)45-25-29-8-4-2-5-9-29/h2-19,24H,20-23,25-26H2,1H3/b34-24-. The Labute approximate surface area is 273 Å². The SMILES string of the molecule is CC(=O)c1ccc(N2CCN(C(=O)CSC3=N/C(=C\c4ccc(OCc5ccccc5)cc4)C(=O)N3c3ccccc3)CC2)cc1. The number of benzene rings is 4. The van der Waals surface area contributed by atoms with E-state index >= 15 is 0 Å². The summed E-state index contributed by atoms with van der Waals surface area (Å²) in [6.45, 7) is 4.63. The van der Waals surface area contributed by atoms with E-state index < -0.39 is 0 Å². The molecule has 8 nitrogen and oxygen atoms in total. The number of carbonyl (C=O) groups excluding carboxylic acids is 3. The van der Waals surface area contributed by atoms with Crippen LogP contribution < -0.4 is 14.5 Å². The zero-order chi connectivity index (χ0) is 31.9. The number of thioether (sulfide) groups is 1. The lowest BCUT2D eigenvalue weighted by atomic mass is 10.1. The van der Waals surface area contributed by atoms with Crippen molar-refractivity contribution in [3.8, 4) is 5.75 Å². The number of nitrogens with zero attached hydrogens (tertiary/aromatic N) is 4. The van der Waals surface area contributed by atoms with Crippen molar-refractivity contribution in [1.29, 1.82) is 0 Å². The summed E-state index contributed by atoms with van der Waals surface area (Å²) in [4.78, 5) is 48.8. The van der Waals surface area contributed by atoms with Gasteiger partial charge in [0.15, 0.2) is 11.0 Å². The Morgan fingerprint density at radius 3 is 2.11 bits per heavy atom. The highest BCUT2D eigenvalue weighted by Gasteiger charge is 2.33. The van der Waals surface area contributed by atoms with Crippen LogP contribution in [-0.4, -0.2) is 59.6 Å². The lowest BCUT2D eigenvalue weighted by molar-refractivity contribution is -0.128. The average molecular weight is 631 g/mol. The summed E-state index contributed by atoms with van der Waals surface area (Å²) < 4.78 is 5.90. The van der Waals surface area contributed by atoms with Gasteiger partial charge < -0.3 is 14.5 Å². The number of rotatable bonds is 9. The van der Waals surface area contributed by atoms with Crippen LogP contribution in [0.5, 0.6) is 5.75 Å². The van der Waals surface area contributed by atoms with E-state index in [0.29, 0.717) is 54.9 Å². The second kappa shape index (κ2) is 14.3. The minimum Gasteiger partial charge on any atom is -0.489 e. The van der Waals surface area contributed by atoms with Gasteiger partial charge in [-0.1, -0.05) is 72.4 Å². The summed E-state index contributed by atoms with van der Waals surface area (Å²) in [5, 5.41) is 0.475. The number of piperazine rings is 1. The van der Waals surface area contributed by atoms with E-state index in [0.717, 1.165) is 22.6 Å². The molecule has 0 N–H and O–H groups in total. The maximum atomic E-state index is 13.6. The van der Waals surface area contributed by atoms with Crippen molar-refractivity contribution in [2.75, 3.05) is 41.7 Å². The first kappa shape index (κ1) is 30.9. The number of Topliss-reactive ketones (excluding diaryl/α,β-unsaturated/α-hetero) is 1. The smallest absolute Gasteiger partial charge is 0.283 e. The Hall–Kier alpha value is -5.15. The number of para-hydroxylation sites is 1. The largest absolute Gasteiger partial charge is 0.489 e. The van der Waals surface area contributed by atoms with Crippen LogP contribution in [-0.2, 0) is 16.2 Å². The molecule has 1 saturated heterocycles. The number of hydrogen-bond donors (Lipinski definition) is 0. The lowest BCUT2D eigenvalue weighted by Gasteiger charge is -2.36. The van der Waals surface area contributed by atoms with Gasteiger partial charge in [0.25, 0.3) is 5.91 Å². The van der Waals surface area contributed by atoms with Gasteiger partial charge in [-0.2, -0.15) is 0 Å². The van der Waals surface area contributed by atoms with Gasteiger partial charge in [0.1, 0.15) is 18.1 Å². The molecule has 0 saturated carbocycles. The maximum absolute atomic E-state index is 13.6. The zero-order valence-corrected chi connectivity index (χ0v) is 26.4. The number of aliphatic imine (C=N–C) groups is 1. The van der Waals surface area contributed by atoms with E-state index in [4.69, 9.17) is 9.73 Å². The molecule has 4 aromatic carbocycles. The van der Waals surface area contributed by atoms with E-state index in [9.17, 15) is 14.4 Å². The summed E-state index contributed by atoms with van der Waals surface area (Å²) in [5.41, 5.74) is 4.64. The first-order chi connectivity index (χ1) is 22.4. The normalized spacial score (nSPS) is 15.7. The third-order valence-electron chi connectivity index (χ3n) is 7.87. The van der Waals surface area contributed by atoms with E-state index in [1.807, 2.05) is 114 Å². The summed E-state index contributed by atoms with van der Waals surface area (Å²) in [5.74, 6) is 0.710. The molecule has 0 unspecified atom stereocenters. The van der Waals surface area contributed by atoms with E-state index in [-0.39, 0.29) is 23.4 Å². The number of ether oxygens (including phenoxy) is 1. The molecular formula is C37H34N4O4S. The van der Waals surface area contributed by atoms with Crippen LogP contribution in [0.1, 0.15) is 28.4 Å². The molecule has 46 heavy (non-hydrogen) atoms. The Bertz CT molecular complexity index is 1750. The number of hydrogen-bond acceptors (Lipinski definition) is 7. The van der Waals surface area contributed by atoms with E-state index in [1.54, 1.807) is 17.9 Å². The molecule has 0 aromatic heterocycles. The van der Waals surface area contributed by atoms with Crippen LogP contribution in [0.25, 0.3) is 6.08 Å². The highest BCUT2D eigenvalue weighted by Crippen LogP contribution is 2.30. The molecule has 0 aliphatic carbocycles. The van der Waals surface area contributed by atoms with Crippen molar-refractivity contribution in [3.63, 3.8) is 0 Å². The van der Waals surface area contributed by atoms with Crippen molar-refractivity contribution in [2.45, 2.75) is 13.5 Å². The fourth-order valence-corrected chi connectivity index (χ4v) is 6.21. The van der Waals surface area contributed by atoms with Gasteiger partial charge in [-0.25, -0.2) is 4.99 Å². The van der Waals surface area contributed by atoms with Gasteiger partial charge in [0.2, 0.25) is 5.91 Å². The number of carbonyl (C=O) groups is 3. The Morgan fingerprint density at radius 2 is 1.46 bits per heavy atom. The van der Waals surface area contributed by atoms with E-state index in [2.05, 4.69) is 4.90 Å². The minimum atomic E-state index is -0.241. The first-order valence-electron chi connectivity index (χ1n) is 15.2. The molecule has 0 atom stereocenters. The summed E-state index contributed by atoms with van der Waals surface area (Å²) in [6.07, 6.45) is 1.76. The molecule has 232 valence electrons. The molecule has 2 aliphatic rings. The molecule has 6 rings (SSSR count). The molecule has 4 aromatic rings. The molecule has 0 spiro atoms. The topological polar surface area (TPSA) is 82.5 Å². The lowest BCUT2D eigenvalue weighted by Crippen LogP contribution is -2.49. The van der Waals surface area contributed by atoms with Crippen LogP contribution >= 0.6 is 11.8 Å². The quantitative estimate of drug-likeness (QED) is 0.160. The van der Waals surface area contributed by atoms with Crippen LogP contribution in [0.3, 0.4) is 0 Å².